The van der Waals surface area contributed by atoms with Crippen LogP contribution in [-0.2, 0) is 0 Å². The summed E-state index contributed by atoms with van der Waals surface area (Å²) in [6, 6.07) is 9.88. The van der Waals surface area contributed by atoms with E-state index in [2.05, 4.69) is 57.0 Å². The maximum absolute atomic E-state index is 6.50. The summed E-state index contributed by atoms with van der Waals surface area (Å²) in [5.41, 5.74) is 9.29. The van der Waals surface area contributed by atoms with Crippen molar-refractivity contribution in [3.8, 4) is 0 Å². The van der Waals surface area contributed by atoms with Crippen LogP contribution in [0.1, 0.15) is 56.7 Å². The van der Waals surface area contributed by atoms with Crippen LogP contribution >= 0.6 is 0 Å². The monoisotopic (exact) mass is 246 g/mol. The predicted molar refractivity (Wildman–Crippen MR) is 77.7 cm³/mol. The van der Waals surface area contributed by atoms with Crippen LogP contribution in [-0.4, -0.2) is 24.0 Å². The molecule has 1 aliphatic carbocycles. The fourth-order valence-corrected chi connectivity index (χ4v) is 3.14. The number of benzene rings is 1. The Morgan fingerprint density at radius 2 is 1.94 bits per heavy atom. The van der Waals surface area contributed by atoms with Crippen molar-refractivity contribution < 1.29 is 0 Å². The molecule has 2 nitrogen and oxygen atoms in total. The van der Waals surface area contributed by atoms with Gasteiger partial charge in [0.1, 0.15) is 0 Å². The van der Waals surface area contributed by atoms with Crippen LogP contribution < -0.4 is 5.73 Å². The maximum Gasteiger partial charge on any atom is 0.0456 e. The van der Waals surface area contributed by atoms with Crippen LogP contribution in [0.3, 0.4) is 0 Å². The molecule has 0 radical (unpaired) electrons. The molecule has 0 bridgehead atoms. The van der Waals surface area contributed by atoms with Crippen molar-refractivity contribution in [2.45, 2.75) is 57.7 Å². The van der Waals surface area contributed by atoms with Crippen LogP contribution in [0.5, 0.6) is 0 Å². The minimum Gasteiger partial charge on any atom is -0.323 e. The van der Waals surface area contributed by atoms with Gasteiger partial charge in [0.2, 0.25) is 0 Å². The zero-order valence-corrected chi connectivity index (χ0v) is 12.1. The molecule has 4 unspecified atom stereocenters. The second-order valence-electron chi connectivity index (χ2n) is 5.78. The van der Waals surface area contributed by atoms with Gasteiger partial charge < -0.3 is 5.73 Å². The van der Waals surface area contributed by atoms with Crippen LogP contribution in [0.4, 0.5) is 0 Å². The molecule has 2 heteroatoms. The van der Waals surface area contributed by atoms with E-state index in [4.69, 9.17) is 5.73 Å². The van der Waals surface area contributed by atoms with Gasteiger partial charge in [-0.1, -0.05) is 38.1 Å². The first-order chi connectivity index (χ1) is 8.56. The zero-order chi connectivity index (χ0) is 13.3. The van der Waals surface area contributed by atoms with E-state index in [-0.39, 0.29) is 6.04 Å². The molecule has 1 aliphatic rings. The van der Waals surface area contributed by atoms with E-state index < -0.39 is 0 Å². The first kappa shape index (κ1) is 13.6. The van der Waals surface area contributed by atoms with Gasteiger partial charge in [0, 0.05) is 18.1 Å². The quantitative estimate of drug-likeness (QED) is 0.886. The van der Waals surface area contributed by atoms with Crippen molar-refractivity contribution in [2.75, 3.05) is 7.05 Å². The van der Waals surface area contributed by atoms with E-state index in [9.17, 15) is 0 Å². The third-order valence-corrected chi connectivity index (χ3v) is 4.70. The van der Waals surface area contributed by atoms with Crippen molar-refractivity contribution in [1.82, 2.24) is 4.90 Å². The summed E-state index contributed by atoms with van der Waals surface area (Å²) in [6.45, 7) is 6.85. The number of hydrogen-bond donors (Lipinski definition) is 1. The van der Waals surface area contributed by atoms with Gasteiger partial charge in [-0.2, -0.15) is 0 Å². The predicted octanol–water partition coefficient (Wildman–Crippen LogP) is 3.29. The summed E-state index contributed by atoms with van der Waals surface area (Å²) in [7, 11) is 2.22. The summed E-state index contributed by atoms with van der Waals surface area (Å²) in [5.74, 6) is 0.609. The van der Waals surface area contributed by atoms with E-state index in [0.29, 0.717) is 18.0 Å². The number of nitrogens with zero attached hydrogens (tertiary/aromatic N) is 1. The molecule has 0 saturated heterocycles. The maximum atomic E-state index is 6.50. The zero-order valence-electron chi connectivity index (χ0n) is 12.1. The lowest BCUT2D eigenvalue weighted by Crippen LogP contribution is -2.47. The first-order valence-corrected chi connectivity index (χ1v) is 7.12. The summed E-state index contributed by atoms with van der Waals surface area (Å²) in [4.78, 5) is 2.47. The van der Waals surface area contributed by atoms with Gasteiger partial charge in [-0.15, -0.1) is 0 Å². The molecule has 2 rings (SSSR count). The van der Waals surface area contributed by atoms with E-state index in [0.717, 1.165) is 0 Å². The Hall–Kier alpha value is -0.860. The van der Waals surface area contributed by atoms with Crippen molar-refractivity contribution in [1.29, 1.82) is 0 Å². The molecule has 0 amide bonds. The number of likely N-dealkylation sites (N-methyl/N-ethyl adjacent to an activating group) is 1. The molecular weight excluding hydrogens is 220 g/mol. The number of rotatable bonds is 3. The van der Waals surface area contributed by atoms with Gasteiger partial charge in [0.15, 0.2) is 0 Å². The van der Waals surface area contributed by atoms with E-state index in [1.54, 1.807) is 0 Å². The Kier molecular flexibility index (Phi) is 4.08. The third kappa shape index (κ3) is 2.32. The Morgan fingerprint density at radius 3 is 2.56 bits per heavy atom. The molecule has 0 aromatic heterocycles. The first-order valence-electron chi connectivity index (χ1n) is 7.12. The van der Waals surface area contributed by atoms with E-state index in [1.807, 2.05) is 0 Å². The van der Waals surface area contributed by atoms with Gasteiger partial charge in [-0.3, -0.25) is 4.90 Å². The second-order valence-corrected chi connectivity index (χ2v) is 5.78. The Balaban J connectivity index is 2.28. The molecule has 2 N–H and O–H groups in total. The van der Waals surface area contributed by atoms with Crippen molar-refractivity contribution in [2.24, 2.45) is 5.73 Å². The van der Waals surface area contributed by atoms with Crippen LogP contribution in [0.15, 0.2) is 24.3 Å². The average molecular weight is 246 g/mol. The van der Waals surface area contributed by atoms with E-state index in [1.165, 1.54) is 24.0 Å². The lowest BCUT2D eigenvalue weighted by atomic mass is 9.77. The highest BCUT2D eigenvalue weighted by Crippen LogP contribution is 2.38. The van der Waals surface area contributed by atoms with Gasteiger partial charge in [0.05, 0.1) is 0 Å². The molecule has 18 heavy (non-hydrogen) atoms. The van der Waals surface area contributed by atoms with Crippen LogP contribution in [0, 0.1) is 0 Å². The van der Waals surface area contributed by atoms with Crippen molar-refractivity contribution >= 4 is 0 Å². The average Bonchev–Trinajstić information content (AvgIpc) is 2.41. The second kappa shape index (κ2) is 5.41. The van der Waals surface area contributed by atoms with Gasteiger partial charge in [-0.05, 0) is 43.9 Å². The smallest absolute Gasteiger partial charge is 0.0456 e. The molecule has 1 aromatic rings. The fraction of sp³-hybridized carbons (Fsp3) is 0.625. The lowest BCUT2D eigenvalue weighted by molar-refractivity contribution is 0.135. The highest BCUT2D eigenvalue weighted by atomic mass is 15.2. The molecule has 0 heterocycles. The van der Waals surface area contributed by atoms with E-state index >= 15 is 0 Å². The third-order valence-electron chi connectivity index (χ3n) is 4.70. The molecule has 0 fully saturated rings. The molecule has 0 aliphatic heterocycles. The summed E-state index contributed by atoms with van der Waals surface area (Å²) in [6.07, 6.45) is 2.34. The summed E-state index contributed by atoms with van der Waals surface area (Å²) < 4.78 is 0. The van der Waals surface area contributed by atoms with Crippen LogP contribution in [0.25, 0.3) is 0 Å². The van der Waals surface area contributed by atoms with Gasteiger partial charge >= 0.3 is 0 Å². The molecular formula is C16H26N2. The van der Waals surface area contributed by atoms with Crippen LogP contribution in [0.2, 0.25) is 0 Å². The molecule has 1 aromatic carbocycles. The number of nitrogens with two attached hydrogens (primary N) is 1. The molecule has 0 saturated carbocycles. The number of fused-ring (bicyclic) bond motifs is 1. The normalized spacial score (nSPS) is 29.1. The summed E-state index contributed by atoms with van der Waals surface area (Å²) >= 11 is 0. The molecule has 4 atom stereocenters. The van der Waals surface area contributed by atoms with Crippen molar-refractivity contribution in [3.05, 3.63) is 35.4 Å². The Labute approximate surface area is 111 Å². The standard InChI is InChI=1S/C16H26N2/c1-5-12(3)18(4)15-10-11(2)13-8-6-7-9-14(13)16(15)17/h6-9,11-12,15-16H,5,10,17H2,1-4H3. The lowest BCUT2D eigenvalue weighted by Gasteiger charge is -2.42. The highest BCUT2D eigenvalue weighted by Gasteiger charge is 2.34. The number of hydrogen-bond acceptors (Lipinski definition) is 2. The largest absolute Gasteiger partial charge is 0.323 e. The Morgan fingerprint density at radius 1 is 1.33 bits per heavy atom. The van der Waals surface area contributed by atoms with Gasteiger partial charge in [0.25, 0.3) is 0 Å². The Bertz CT molecular complexity index is 402. The topological polar surface area (TPSA) is 29.3 Å². The fourth-order valence-electron chi connectivity index (χ4n) is 3.14. The minimum atomic E-state index is 0.149. The summed E-state index contributed by atoms with van der Waals surface area (Å²) in [5, 5.41) is 0. The molecule has 0 spiro atoms. The molecule has 100 valence electrons. The highest BCUT2D eigenvalue weighted by molar-refractivity contribution is 5.36. The van der Waals surface area contributed by atoms with Gasteiger partial charge in [-0.25, -0.2) is 0 Å². The van der Waals surface area contributed by atoms with Crippen molar-refractivity contribution in [3.63, 3.8) is 0 Å². The SMILES string of the molecule is CCC(C)N(C)C1CC(C)c2ccccc2C1N. The minimum absolute atomic E-state index is 0.149.